The number of benzene rings is 2. The van der Waals surface area contributed by atoms with Gasteiger partial charge in [-0.05, 0) is 37.1 Å². The van der Waals surface area contributed by atoms with E-state index in [1.165, 1.54) is 4.90 Å². The number of phenols is 1. The first kappa shape index (κ1) is 21.6. The van der Waals surface area contributed by atoms with Crippen molar-refractivity contribution >= 4 is 41.0 Å². The lowest BCUT2D eigenvalue weighted by Crippen LogP contribution is -2.52. The first-order valence-corrected chi connectivity index (χ1v) is 10.4. The van der Waals surface area contributed by atoms with Crippen LogP contribution in [0.25, 0.3) is 0 Å². The Morgan fingerprint density at radius 3 is 2.75 bits per heavy atom. The molecule has 1 atom stereocenters. The fourth-order valence-electron chi connectivity index (χ4n) is 3.84. The predicted octanol–water partition coefficient (Wildman–Crippen LogP) is 2.44. The molecule has 0 radical (unpaired) electrons. The van der Waals surface area contributed by atoms with E-state index in [-0.39, 0.29) is 43.5 Å². The fraction of sp³-hybridized carbons (Fsp3) is 0.273. The molecule has 10 heteroatoms. The Morgan fingerprint density at radius 2 is 2.03 bits per heavy atom. The van der Waals surface area contributed by atoms with Crippen molar-refractivity contribution in [3.63, 3.8) is 0 Å². The molecule has 2 aliphatic heterocycles. The van der Waals surface area contributed by atoms with Gasteiger partial charge in [0.15, 0.2) is 0 Å². The number of aryl methyl sites for hydroxylation is 1. The van der Waals surface area contributed by atoms with E-state index >= 15 is 0 Å². The number of hydrogen-bond donors (Lipinski definition) is 4. The number of phenolic OH excluding ortho intramolecular Hbond substituents is 1. The van der Waals surface area contributed by atoms with Gasteiger partial charge in [0.05, 0.1) is 6.54 Å². The molecule has 1 fully saturated rings. The molecule has 1 saturated heterocycles. The molecule has 0 bridgehead atoms. The van der Waals surface area contributed by atoms with E-state index in [2.05, 4.69) is 16.0 Å². The molecular weight excluding hydrogens is 436 g/mol. The van der Waals surface area contributed by atoms with Gasteiger partial charge in [0.1, 0.15) is 11.8 Å². The number of nitrogens with zero attached hydrogens (tertiary/aromatic N) is 1. The summed E-state index contributed by atoms with van der Waals surface area (Å²) in [7, 11) is 0. The van der Waals surface area contributed by atoms with Crippen LogP contribution in [-0.2, 0) is 22.7 Å². The molecule has 166 valence electrons. The molecule has 0 saturated carbocycles. The van der Waals surface area contributed by atoms with Crippen LogP contribution in [0.3, 0.4) is 0 Å². The van der Waals surface area contributed by atoms with Crippen LogP contribution in [-0.4, -0.2) is 39.8 Å². The van der Waals surface area contributed by atoms with Gasteiger partial charge in [-0.15, -0.1) is 0 Å². The average molecular weight is 457 g/mol. The maximum absolute atomic E-state index is 12.8. The number of halogens is 1. The lowest BCUT2D eigenvalue weighted by Gasteiger charge is -2.29. The predicted molar refractivity (Wildman–Crippen MR) is 116 cm³/mol. The van der Waals surface area contributed by atoms with Gasteiger partial charge in [-0.1, -0.05) is 23.7 Å². The van der Waals surface area contributed by atoms with Gasteiger partial charge in [-0.3, -0.25) is 19.7 Å². The van der Waals surface area contributed by atoms with Crippen molar-refractivity contribution in [3.05, 3.63) is 57.6 Å². The third-order valence-electron chi connectivity index (χ3n) is 5.64. The highest BCUT2D eigenvalue weighted by molar-refractivity contribution is 6.31. The van der Waals surface area contributed by atoms with Crippen LogP contribution in [0.5, 0.6) is 5.75 Å². The van der Waals surface area contributed by atoms with Crippen LogP contribution >= 0.6 is 11.6 Å². The standard InChI is InChI=1S/C22H21ClN4O5/c1-11-2-4-13(8-16(11)23)25-22(32)24-9-12-3-5-14-15(19(12)29)10-27(21(14)31)17-6-7-18(28)26-20(17)30/h2-5,8,17,29H,6-7,9-10H2,1H3,(H2,24,25,32)(H,26,28,30). The van der Waals surface area contributed by atoms with Gasteiger partial charge in [0.2, 0.25) is 11.8 Å². The summed E-state index contributed by atoms with van der Waals surface area (Å²) in [5.74, 6) is -1.36. The molecule has 1 unspecified atom stereocenters. The van der Waals surface area contributed by atoms with Crippen LogP contribution < -0.4 is 16.0 Å². The summed E-state index contributed by atoms with van der Waals surface area (Å²) >= 11 is 6.06. The third kappa shape index (κ3) is 4.11. The number of amides is 5. The summed E-state index contributed by atoms with van der Waals surface area (Å²) in [6, 6.07) is 7.03. The molecule has 2 aliphatic rings. The number of fused-ring (bicyclic) bond motifs is 1. The van der Waals surface area contributed by atoms with Gasteiger partial charge in [-0.2, -0.15) is 0 Å². The second-order valence-electron chi connectivity index (χ2n) is 7.77. The summed E-state index contributed by atoms with van der Waals surface area (Å²) < 4.78 is 0. The zero-order valence-electron chi connectivity index (χ0n) is 17.2. The van der Waals surface area contributed by atoms with E-state index < -0.39 is 18.0 Å². The van der Waals surface area contributed by atoms with E-state index in [9.17, 15) is 24.3 Å². The highest BCUT2D eigenvalue weighted by Gasteiger charge is 2.40. The molecule has 2 aromatic rings. The lowest BCUT2D eigenvalue weighted by molar-refractivity contribution is -0.136. The number of carbonyl (C=O) groups excluding carboxylic acids is 4. The second kappa shape index (κ2) is 8.51. The Labute approximate surface area is 188 Å². The Hall–Kier alpha value is -3.59. The Morgan fingerprint density at radius 1 is 1.25 bits per heavy atom. The minimum absolute atomic E-state index is 0.0249. The molecule has 0 spiro atoms. The Kier molecular flexibility index (Phi) is 5.75. The van der Waals surface area contributed by atoms with Crippen LogP contribution in [0.2, 0.25) is 5.02 Å². The molecule has 4 rings (SSSR count). The van der Waals surface area contributed by atoms with Crippen molar-refractivity contribution in [1.29, 1.82) is 0 Å². The largest absolute Gasteiger partial charge is 0.507 e. The lowest BCUT2D eigenvalue weighted by atomic mass is 10.0. The van der Waals surface area contributed by atoms with Crippen molar-refractivity contribution in [2.45, 2.75) is 38.9 Å². The van der Waals surface area contributed by atoms with Crippen LogP contribution in [0.1, 0.15) is 39.9 Å². The SMILES string of the molecule is Cc1ccc(NC(=O)NCc2ccc3c(c2O)CN(C2CCC(=O)NC2=O)C3=O)cc1Cl. The highest BCUT2D eigenvalue weighted by Crippen LogP contribution is 2.35. The molecule has 0 aliphatic carbocycles. The van der Waals surface area contributed by atoms with Gasteiger partial charge in [0.25, 0.3) is 5.91 Å². The number of urea groups is 1. The molecule has 0 aromatic heterocycles. The Balaban J connectivity index is 1.43. The Bertz CT molecular complexity index is 1150. The highest BCUT2D eigenvalue weighted by atomic mass is 35.5. The summed E-state index contributed by atoms with van der Waals surface area (Å²) in [6.45, 7) is 1.93. The van der Waals surface area contributed by atoms with Gasteiger partial charge < -0.3 is 20.6 Å². The number of imide groups is 1. The van der Waals surface area contributed by atoms with Crippen LogP contribution in [0, 0.1) is 6.92 Å². The monoisotopic (exact) mass is 456 g/mol. The van der Waals surface area contributed by atoms with Crippen LogP contribution in [0.15, 0.2) is 30.3 Å². The molecule has 5 amide bonds. The third-order valence-corrected chi connectivity index (χ3v) is 6.05. The maximum Gasteiger partial charge on any atom is 0.319 e. The zero-order valence-corrected chi connectivity index (χ0v) is 18.0. The van der Waals surface area contributed by atoms with Crippen molar-refractivity contribution in [2.24, 2.45) is 0 Å². The smallest absolute Gasteiger partial charge is 0.319 e. The topological polar surface area (TPSA) is 128 Å². The average Bonchev–Trinajstić information content (AvgIpc) is 3.07. The number of rotatable bonds is 4. The van der Waals surface area contributed by atoms with Crippen LogP contribution in [0.4, 0.5) is 10.5 Å². The van der Waals surface area contributed by atoms with E-state index in [1.807, 2.05) is 6.92 Å². The first-order valence-electron chi connectivity index (χ1n) is 10.0. The number of nitrogens with one attached hydrogen (secondary N) is 3. The molecular formula is C22H21ClN4O5. The molecule has 2 aromatic carbocycles. The van der Waals surface area contributed by atoms with Crippen molar-refractivity contribution in [1.82, 2.24) is 15.5 Å². The summed E-state index contributed by atoms with van der Waals surface area (Å²) in [4.78, 5) is 49.9. The second-order valence-corrected chi connectivity index (χ2v) is 8.18. The van der Waals surface area contributed by atoms with E-state index in [0.717, 1.165) is 5.56 Å². The molecule has 2 heterocycles. The first-order chi connectivity index (χ1) is 15.2. The minimum Gasteiger partial charge on any atom is -0.507 e. The fourth-order valence-corrected chi connectivity index (χ4v) is 4.02. The van der Waals surface area contributed by atoms with Gasteiger partial charge in [-0.25, -0.2) is 4.79 Å². The van der Waals surface area contributed by atoms with E-state index in [1.54, 1.807) is 30.3 Å². The number of carbonyl (C=O) groups is 4. The zero-order chi connectivity index (χ0) is 23.0. The van der Waals surface area contributed by atoms with Crippen molar-refractivity contribution < 1.29 is 24.3 Å². The summed E-state index contributed by atoms with van der Waals surface area (Å²) in [5, 5.41) is 18.8. The molecule has 4 N–H and O–H groups in total. The van der Waals surface area contributed by atoms with Gasteiger partial charge in [0, 0.05) is 40.4 Å². The van der Waals surface area contributed by atoms with Crippen molar-refractivity contribution in [3.8, 4) is 5.75 Å². The molecule has 32 heavy (non-hydrogen) atoms. The normalized spacial score (nSPS) is 17.8. The quantitative estimate of drug-likeness (QED) is 0.525. The van der Waals surface area contributed by atoms with Crippen molar-refractivity contribution in [2.75, 3.05) is 5.32 Å². The van der Waals surface area contributed by atoms with Gasteiger partial charge >= 0.3 is 6.03 Å². The summed E-state index contributed by atoms with van der Waals surface area (Å²) in [5.41, 5.74) is 2.54. The summed E-state index contributed by atoms with van der Waals surface area (Å²) in [6.07, 6.45) is 0.391. The van der Waals surface area contributed by atoms with E-state index in [4.69, 9.17) is 11.6 Å². The van der Waals surface area contributed by atoms with E-state index in [0.29, 0.717) is 27.4 Å². The maximum atomic E-state index is 12.8. The minimum atomic E-state index is -0.763. The number of aromatic hydroxyl groups is 1. The molecule has 9 nitrogen and oxygen atoms in total. The number of anilines is 1. The number of piperidine rings is 1. The number of hydrogen-bond acceptors (Lipinski definition) is 5.